The van der Waals surface area contributed by atoms with E-state index >= 15 is 0 Å². The van der Waals surface area contributed by atoms with Crippen LogP contribution in [0.3, 0.4) is 0 Å². The molecule has 27 heavy (non-hydrogen) atoms. The molecule has 0 atom stereocenters. The summed E-state index contributed by atoms with van der Waals surface area (Å²) in [6.45, 7) is 3.93. The molecule has 0 unspecified atom stereocenters. The molecule has 0 aromatic heterocycles. The van der Waals surface area contributed by atoms with Gasteiger partial charge in [0.15, 0.2) is 11.5 Å². The van der Waals surface area contributed by atoms with Crippen LogP contribution in [0.2, 0.25) is 0 Å². The molecule has 0 radical (unpaired) electrons. The maximum Gasteiger partial charge on any atom is 0.240 e. The highest BCUT2D eigenvalue weighted by Crippen LogP contribution is 2.29. The van der Waals surface area contributed by atoms with Crippen LogP contribution in [0.5, 0.6) is 11.5 Å². The average Bonchev–Trinajstić information content (AvgIpc) is 2.64. The quantitative estimate of drug-likeness (QED) is 0.720. The van der Waals surface area contributed by atoms with E-state index in [0.29, 0.717) is 17.2 Å². The van der Waals surface area contributed by atoms with Crippen molar-refractivity contribution in [1.29, 1.82) is 0 Å². The summed E-state index contributed by atoms with van der Waals surface area (Å²) in [6, 6.07) is 9.91. The van der Waals surface area contributed by atoms with Crippen LogP contribution in [0.15, 0.2) is 41.3 Å². The molecular weight excluding hydrogens is 368 g/mol. The Morgan fingerprint density at radius 1 is 0.963 bits per heavy atom. The first kappa shape index (κ1) is 20.7. The number of rotatable bonds is 8. The number of carbonyl (C=O) groups is 1. The van der Waals surface area contributed by atoms with Crippen LogP contribution in [-0.2, 0) is 14.8 Å². The minimum atomic E-state index is -3.76. The summed E-state index contributed by atoms with van der Waals surface area (Å²) in [5, 5.41) is 2.76. The summed E-state index contributed by atoms with van der Waals surface area (Å²) in [7, 11) is -0.864. The molecule has 1 amide bonds. The summed E-state index contributed by atoms with van der Waals surface area (Å²) in [4.78, 5) is 12.1. The Kier molecular flexibility index (Phi) is 6.81. The number of hydrogen-bond acceptors (Lipinski definition) is 5. The van der Waals surface area contributed by atoms with Crippen molar-refractivity contribution >= 4 is 21.6 Å². The van der Waals surface area contributed by atoms with Crippen molar-refractivity contribution in [3.8, 4) is 11.5 Å². The van der Waals surface area contributed by atoms with Gasteiger partial charge in [0.1, 0.15) is 0 Å². The maximum atomic E-state index is 12.4. The molecule has 0 saturated carbocycles. The first-order chi connectivity index (χ1) is 12.8. The molecule has 0 saturated heterocycles. The van der Waals surface area contributed by atoms with Crippen LogP contribution in [0.1, 0.15) is 17.5 Å². The Morgan fingerprint density at radius 2 is 1.67 bits per heavy atom. The maximum absolute atomic E-state index is 12.4. The molecule has 8 heteroatoms. The van der Waals surface area contributed by atoms with E-state index in [4.69, 9.17) is 9.47 Å². The lowest BCUT2D eigenvalue weighted by atomic mass is 10.1. The second-order valence-electron chi connectivity index (χ2n) is 6.01. The third kappa shape index (κ3) is 5.45. The SMILES string of the molecule is COc1ccc(S(=O)(=O)NCCC(=O)Nc2ccc(C)c(C)c2)cc1OC. The van der Waals surface area contributed by atoms with Crippen molar-refractivity contribution in [2.75, 3.05) is 26.1 Å². The van der Waals surface area contributed by atoms with Gasteiger partial charge in [-0.3, -0.25) is 4.79 Å². The number of sulfonamides is 1. The van der Waals surface area contributed by atoms with Gasteiger partial charge >= 0.3 is 0 Å². The minimum Gasteiger partial charge on any atom is -0.493 e. The van der Waals surface area contributed by atoms with E-state index < -0.39 is 10.0 Å². The van der Waals surface area contributed by atoms with Crippen LogP contribution >= 0.6 is 0 Å². The van der Waals surface area contributed by atoms with E-state index in [1.165, 1.54) is 32.4 Å². The minimum absolute atomic E-state index is 0.0133. The van der Waals surface area contributed by atoms with Crippen molar-refractivity contribution < 1.29 is 22.7 Å². The van der Waals surface area contributed by atoms with Crippen molar-refractivity contribution in [2.24, 2.45) is 0 Å². The third-order valence-corrected chi connectivity index (χ3v) is 5.56. The lowest BCUT2D eigenvalue weighted by Crippen LogP contribution is -2.27. The molecule has 2 N–H and O–H groups in total. The second-order valence-corrected chi connectivity index (χ2v) is 7.78. The van der Waals surface area contributed by atoms with Gasteiger partial charge in [0.25, 0.3) is 0 Å². The van der Waals surface area contributed by atoms with Gasteiger partial charge in [-0.25, -0.2) is 13.1 Å². The summed E-state index contributed by atoms with van der Waals surface area (Å²) in [5.41, 5.74) is 2.89. The highest BCUT2D eigenvalue weighted by atomic mass is 32.2. The normalized spacial score (nSPS) is 11.1. The van der Waals surface area contributed by atoms with E-state index in [1.54, 1.807) is 0 Å². The summed E-state index contributed by atoms with van der Waals surface area (Å²) in [5.74, 6) is 0.477. The molecule has 2 rings (SSSR count). The molecule has 0 bridgehead atoms. The molecule has 0 aliphatic rings. The van der Waals surface area contributed by atoms with Gasteiger partial charge in [-0.05, 0) is 49.2 Å². The number of aryl methyl sites for hydroxylation is 2. The predicted octanol–water partition coefficient (Wildman–Crippen LogP) is 2.63. The van der Waals surface area contributed by atoms with Crippen molar-refractivity contribution in [2.45, 2.75) is 25.2 Å². The van der Waals surface area contributed by atoms with Gasteiger partial charge in [-0.2, -0.15) is 0 Å². The zero-order valence-electron chi connectivity index (χ0n) is 15.8. The molecule has 0 fully saturated rings. The fourth-order valence-electron chi connectivity index (χ4n) is 2.41. The summed E-state index contributed by atoms with van der Waals surface area (Å²) in [6.07, 6.45) is 0.0133. The number of hydrogen-bond donors (Lipinski definition) is 2. The fraction of sp³-hybridized carbons (Fsp3) is 0.316. The van der Waals surface area contributed by atoms with E-state index in [1.807, 2.05) is 32.0 Å². The molecule has 0 heterocycles. The Morgan fingerprint density at radius 3 is 2.30 bits per heavy atom. The monoisotopic (exact) mass is 392 g/mol. The van der Waals surface area contributed by atoms with Gasteiger partial charge in [-0.1, -0.05) is 6.07 Å². The van der Waals surface area contributed by atoms with Crippen LogP contribution in [-0.4, -0.2) is 35.1 Å². The standard InChI is InChI=1S/C19H24N2O5S/c1-13-5-6-15(11-14(13)2)21-19(22)9-10-20-27(23,24)16-7-8-17(25-3)18(12-16)26-4/h5-8,11-12,20H,9-10H2,1-4H3,(H,21,22). The zero-order chi connectivity index (χ0) is 20.0. The number of methoxy groups -OCH3 is 2. The van der Waals surface area contributed by atoms with E-state index in [9.17, 15) is 13.2 Å². The number of benzene rings is 2. The van der Waals surface area contributed by atoms with Gasteiger partial charge < -0.3 is 14.8 Å². The molecule has 0 aliphatic carbocycles. The van der Waals surface area contributed by atoms with E-state index in [0.717, 1.165) is 11.1 Å². The Balaban J connectivity index is 1.95. The van der Waals surface area contributed by atoms with Crippen molar-refractivity contribution in [1.82, 2.24) is 4.72 Å². The van der Waals surface area contributed by atoms with Crippen LogP contribution < -0.4 is 19.5 Å². The van der Waals surface area contributed by atoms with Crippen LogP contribution in [0, 0.1) is 13.8 Å². The fourth-order valence-corrected chi connectivity index (χ4v) is 3.46. The zero-order valence-corrected chi connectivity index (χ0v) is 16.6. The highest BCUT2D eigenvalue weighted by molar-refractivity contribution is 7.89. The third-order valence-electron chi connectivity index (χ3n) is 4.10. The van der Waals surface area contributed by atoms with Crippen molar-refractivity contribution in [3.63, 3.8) is 0 Å². The second kappa shape index (κ2) is 8.88. The van der Waals surface area contributed by atoms with Crippen LogP contribution in [0.4, 0.5) is 5.69 Å². The topological polar surface area (TPSA) is 93.7 Å². The number of amides is 1. The smallest absolute Gasteiger partial charge is 0.240 e. The highest BCUT2D eigenvalue weighted by Gasteiger charge is 2.17. The van der Waals surface area contributed by atoms with Gasteiger partial charge in [0.2, 0.25) is 15.9 Å². The first-order valence-corrected chi connectivity index (χ1v) is 9.84. The predicted molar refractivity (Wildman–Crippen MR) is 104 cm³/mol. The molecular formula is C19H24N2O5S. The van der Waals surface area contributed by atoms with E-state index in [2.05, 4.69) is 10.0 Å². The molecule has 0 spiro atoms. The number of ether oxygens (including phenoxy) is 2. The Bertz CT molecular complexity index is 926. The van der Waals surface area contributed by atoms with Crippen LogP contribution in [0.25, 0.3) is 0 Å². The largest absolute Gasteiger partial charge is 0.493 e. The van der Waals surface area contributed by atoms with E-state index in [-0.39, 0.29) is 23.8 Å². The number of anilines is 1. The molecule has 0 aliphatic heterocycles. The number of carbonyl (C=O) groups excluding carboxylic acids is 1. The average molecular weight is 392 g/mol. The Labute approximate surface area is 159 Å². The van der Waals surface area contributed by atoms with Gasteiger partial charge in [0, 0.05) is 24.7 Å². The Hall–Kier alpha value is -2.58. The first-order valence-electron chi connectivity index (χ1n) is 8.35. The molecule has 2 aromatic carbocycles. The summed E-state index contributed by atoms with van der Waals surface area (Å²) < 4.78 is 37.4. The van der Waals surface area contributed by atoms with Gasteiger partial charge in [-0.15, -0.1) is 0 Å². The molecule has 2 aromatic rings. The molecule has 7 nitrogen and oxygen atoms in total. The lowest BCUT2D eigenvalue weighted by Gasteiger charge is -2.11. The van der Waals surface area contributed by atoms with Gasteiger partial charge in [0.05, 0.1) is 19.1 Å². The molecule has 146 valence electrons. The lowest BCUT2D eigenvalue weighted by molar-refractivity contribution is -0.116. The number of nitrogens with one attached hydrogen (secondary N) is 2. The summed E-state index contributed by atoms with van der Waals surface area (Å²) >= 11 is 0. The van der Waals surface area contributed by atoms with Crippen molar-refractivity contribution in [3.05, 3.63) is 47.5 Å².